The van der Waals surface area contributed by atoms with Gasteiger partial charge in [-0.1, -0.05) is 17.3 Å². The molecule has 5 aromatic rings. The fraction of sp³-hybridized carbons (Fsp3) is 0.200. The summed E-state index contributed by atoms with van der Waals surface area (Å²) in [5.74, 6) is -2.18. The second-order valence-corrected chi connectivity index (χ2v) is 10.6. The number of aromatic nitrogens is 5. The highest BCUT2D eigenvalue weighted by Gasteiger charge is 2.49. The molecule has 16 heteroatoms. The topological polar surface area (TPSA) is 195 Å². The van der Waals surface area contributed by atoms with Gasteiger partial charge in [0.1, 0.15) is 0 Å². The summed E-state index contributed by atoms with van der Waals surface area (Å²) in [4.78, 5) is 63.1. The van der Waals surface area contributed by atoms with Crippen LogP contribution < -0.4 is 19.9 Å². The van der Waals surface area contributed by atoms with E-state index in [1.54, 1.807) is 42.7 Å². The van der Waals surface area contributed by atoms with Crippen molar-refractivity contribution in [2.24, 2.45) is 0 Å². The van der Waals surface area contributed by atoms with Crippen LogP contribution in [0.15, 0.2) is 71.6 Å². The van der Waals surface area contributed by atoms with Gasteiger partial charge < -0.3 is 24.4 Å². The lowest BCUT2D eigenvalue weighted by Gasteiger charge is -2.37. The van der Waals surface area contributed by atoms with Gasteiger partial charge in [-0.05, 0) is 25.1 Å². The summed E-state index contributed by atoms with van der Waals surface area (Å²) in [6.45, 7) is 1.34. The SMILES string of the molecule is COc1cc(-n2ccc(N3CCO[C@H](C(C)(O)C(=O)Nc4cnc5c(N6C(=O)c7ccccc7C6=O)noc5c4)C3=O)n2)ccn1. The summed E-state index contributed by atoms with van der Waals surface area (Å²) < 4.78 is 17.6. The summed E-state index contributed by atoms with van der Waals surface area (Å²) in [6.07, 6.45) is 2.89. The molecule has 16 nitrogen and oxygen atoms in total. The number of carbonyl (C=O) groups is 4. The van der Waals surface area contributed by atoms with Gasteiger partial charge in [-0.15, -0.1) is 5.10 Å². The third-order valence-electron chi connectivity index (χ3n) is 7.66. The molecular formula is C30H24N8O8. The van der Waals surface area contributed by atoms with Crippen LogP contribution in [0.2, 0.25) is 0 Å². The molecular weight excluding hydrogens is 600 g/mol. The molecule has 0 radical (unpaired) electrons. The number of nitrogens with one attached hydrogen (secondary N) is 1. The Balaban J connectivity index is 1.07. The number of ether oxygens (including phenoxy) is 2. The number of anilines is 3. The van der Waals surface area contributed by atoms with Gasteiger partial charge in [0.25, 0.3) is 23.6 Å². The van der Waals surface area contributed by atoms with Crippen molar-refractivity contribution in [3.63, 3.8) is 0 Å². The average Bonchev–Trinajstić information content (AvgIpc) is 3.78. The largest absolute Gasteiger partial charge is 0.481 e. The molecule has 232 valence electrons. The van der Waals surface area contributed by atoms with E-state index in [1.165, 1.54) is 41.1 Å². The van der Waals surface area contributed by atoms with Crippen LogP contribution in [0.3, 0.4) is 0 Å². The Kier molecular flexibility index (Phi) is 6.79. The van der Waals surface area contributed by atoms with Gasteiger partial charge in [-0.2, -0.15) is 0 Å². The number of hydrogen-bond acceptors (Lipinski definition) is 12. The molecule has 0 spiro atoms. The van der Waals surface area contributed by atoms with E-state index in [-0.39, 0.29) is 46.9 Å². The molecule has 2 aliphatic heterocycles. The second kappa shape index (κ2) is 10.9. The number of fused-ring (bicyclic) bond motifs is 2. The van der Waals surface area contributed by atoms with Crippen molar-refractivity contribution in [1.82, 2.24) is 24.9 Å². The summed E-state index contributed by atoms with van der Waals surface area (Å²) in [5, 5.41) is 22.1. The number of morpholine rings is 1. The highest BCUT2D eigenvalue weighted by molar-refractivity contribution is 6.35. The lowest BCUT2D eigenvalue weighted by atomic mass is 9.95. The molecule has 2 aliphatic rings. The van der Waals surface area contributed by atoms with Crippen LogP contribution in [0, 0.1) is 0 Å². The van der Waals surface area contributed by atoms with Crippen molar-refractivity contribution in [1.29, 1.82) is 0 Å². The quantitative estimate of drug-likeness (QED) is 0.249. The third kappa shape index (κ3) is 4.63. The van der Waals surface area contributed by atoms with Gasteiger partial charge in [0, 0.05) is 30.6 Å². The molecule has 7 rings (SSSR count). The van der Waals surface area contributed by atoms with Crippen LogP contribution in [0.25, 0.3) is 16.8 Å². The van der Waals surface area contributed by atoms with Gasteiger partial charge in [0.05, 0.1) is 49.0 Å². The van der Waals surface area contributed by atoms with E-state index in [0.717, 1.165) is 11.8 Å². The maximum Gasteiger partial charge on any atom is 0.267 e. The predicted molar refractivity (Wildman–Crippen MR) is 159 cm³/mol. The summed E-state index contributed by atoms with van der Waals surface area (Å²) in [7, 11) is 1.50. The molecule has 46 heavy (non-hydrogen) atoms. The Labute approximate surface area is 259 Å². The molecule has 2 atom stereocenters. The van der Waals surface area contributed by atoms with Crippen molar-refractivity contribution >= 4 is 52.1 Å². The van der Waals surface area contributed by atoms with Crippen molar-refractivity contribution < 1.29 is 38.3 Å². The zero-order valence-electron chi connectivity index (χ0n) is 24.3. The highest BCUT2D eigenvalue weighted by Crippen LogP contribution is 2.33. The second-order valence-electron chi connectivity index (χ2n) is 10.6. The fourth-order valence-electron chi connectivity index (χ4n) is 5.26. The molecule has 2 N–H and O–H groups in total. The maximum absolute atomic E-state index is 13.5. The summed E-state index contributed by atoms with van der Waals surface area (Å²) in [5.41, 5.74) is -0.957. The van der Waals surface area contributed by atoms with Crippen molar-refractivity contribution in [3.05, 3.63) is 78.2 Å². The number of amides is 4. The summed E-state index contributed by atoms with van der Waals surface area (Å²) >= 11 is 0. The van der Waals surface area contributed by atoms with Crippen LogP contribution in [0.4, 0.5) is 17.3 Å². The Morgan fingerprint density at radius 1 is 1.09 bits per heavy atom. The van der Waals surface area contributed by atoms with Crippen LogP contribution in [0.5, 0.6) is 5.88 Å². The molecule has 6 heterocycles. The van der Waals surface area contributed by atoms with Crippen molar-refractivity contribution in [2.75, 3.05) is 35.4 Å². The van der Waals surface area contributed by atoms with Crippen molar-refractivity contribution in [2.45, 2.75) is 18.6 Å². The normalized spacial score (nSPS) is 17.7. The zero-order chi connectivity index (χ0) is 32.2. The maximum atomic E-state index is 13.5. The van der Waals surface area contributed by atoms with Gasteiger partial charge in [0.2, 0.25) is 11.7 Å². The number of nitrogens with zero attached hydrogens (tertiary/aromatic N) is 7. The number of benzene rings is 1. The predicted octanol–water partition coefficient (Wildman–Crippen LogP) is 1.73. The van der Waals surface area contributed by atoms with E-state index in [2.05, 4.69) is 25.5 Å². The Morgan fingerprint density at radius 3 is 2.59 bits per heavy atom. The average molecular weight is 625 g/mol. The number of hydrogen-bond donors (Lipinski definition) is 2. The minimum atomic E-state index is -2.32. The first-order chi connectivity index (χ1) is 22.2. The number of pyridine rings is 2. The van der Waals surface area contributed by atoms with Gasteiger partial charge >= 0.3 is 0 Å². The number of methoxy groups -OCH3 is 1. The van der Waals surface area contributed by atoms with Gasteiger partial charge in [0.15, 0.2) is 28.6 Å². The Bertz CT molecular complexity index is 2020. The van der Waals surface area contributed by atoms with E-state index in [1.807, 2.05) is 0 Å². The Hall–Kier alpha value is -6.00. The third-order valence-corrected chi connectivity index (χ3v) is 7.66. The molecule has 0 bridgehead atoms. The molecule has 1 unspecified atom stereocenters. The minimum Gasteiger partial charge on any atom is -0.481 e. The molecule has 4 aromatic heterocycles. The van der Waals surface area contributed by atoms with Gasteiger partial charge in [-0.25, -0.2) is 19.5 Å². The first-order valence-corrected chi connectivity index (χ1v) is 13.9. The molecule has 0 aliphatic carbocycles. The molecule has 0 saturated carbocycles. The number of rotatable bonds is 7. The number of imide groups is 1. The van der Waals surface area contributed by atoms with Crippen LogP contribution in [-0.2, 0) is 14.3 Å². The number of aliphatic hydroxyl groups is 1. The van der Waals surface area contributed by atoms with E-state index in [4.69, 9.17) is 14.0 Å². The van der Waals surface area contributed by atoms with E-state index < -0.39 is 35.3 Å². The monoisotopic (exact) mass is 624 g/mol. The first kappa shape index (κ1) is 28.8. The smallest absolute Gasteiger partial charge is 0.267 e. The lowest BCUT2D eigenvalue weighted by Crippen LogP contribution is -2.61. The molecule has 4 amide bonds. The lowest BCUT2D eigenvalue weighted by molar-refractivity contribution is -0.165. The van der Waals surface area contributed by atoms with Crippen LogP contribution >= 0.6 is 0 Å². The van der Waals surface area contributed by atoms with Gasteiger partial charge in [-0.3, -0.25) is 24.1 Å². The Morgan fingerprint density at radius 2 is 1.85 bits per heavy atom. The van der Waals surface area contributed by atoms with E-state index in [0.29, 0.717) is 17.4 Å². The number of carbonyl (C=O) groups excluding carboxylic acids is 4. The zero-order valence-corrected chi connectivity index (χ0v) is 24.3. The van der Waals surface area contributed by atoms with Crippen LogP contribution in [0.1, 0.15) is 27.6 Å². The molecule has 1 saturated heterocycles. The fourth-order valence-corrected chi connectivity index (χ4v) is 5.26. The highest BCUT2D eigenvalue weighted by atomic mass is 16.5. The van der Waals surface area contributed by atoms with E-state index >= 15 is 0 Å². The molecule has 1 aromatic carbocycles. The minimum absolute atomic E-state index is 0.0297. The van der Waals surface area contributed by atoms with E-state index in [9.17, 15) is 24.3 Å². The first-order valence-electron chi connectivity index (χ1n) is 13.9. The van der Waals surface area contributed by atoms with Crippen molar-refractivity contribution in [3.8, 4) is 11.6 Å². The molecule has 1 fully saturated rings. The van der Waals surface area contributed by atoms with Crippen LogP contribution in [-0.4, -0.2) is 85.6 Å². The standard InChI is InChI=1S/C30H24N8O8/c1-30(43,24-28(41)36(11-12-45-24)21-8-10-37(34-21)17-7-9-31-22(14-17)44-2)29(42)33-16-13-20-23(32-15-16)25(35-46-20)38-26(39)18-5-3-4-6-19(18)27(38)40/h3-10,13-15,24,43H,11-12H2,1-2H3,(H,33,42)/t24-,30?/m0/s1. The summed E-state index contributed by atoms with van der Waals surface area (Å²) in [6, 6.07) is 12.7.